The fraction of sp³-hybridized carbons (Fsp3) is 0.889. The Kier molecular flexibility index (Phi) is 21.3. The van der Waals surface area contributed by atoms with Gasteiger partial charge in [-0.05, 0) is 12.8 Å². The molecule has 0 bridgehead atoms. The van der Waals surface area contributed by atoms with Crippen LogP contribution in [0.5, 0.6) is 0 Å². The van der Waals surface area contributed by atoms with Crippen molar-refractivity contribution in [2.24, 2.45) is 0 Å². The Morgan fingerprint density at radius 3 is 1.32 bits per heavy atom. The quantitative estimate of drug-likeness (QED) is 0.351. The average Bonchev–Trinajstić information content (AvgIpc) is 2.46. The van der Waals surface area contributed by atoms with Crippen LogP contribution >= 0.6 is 0 Å². The van der Waals surface area contributed by atoms with Crippen LogP contribution < -0.4 is 29.6 Å². The summed E-state index contributed by atoms with van der Waals surface area (Å²) in [6, 6.07) is 0. The number of unbranched alkanes of at least 4 members (excludes halogenated alkanes) is 11. The summed E-state index contributed by atoms with van der Waals surface area (Å²) in [6.07, 6.45) is 16.2. The zero-order chi connectivity index (χ0) is 15.8. The third kappa shape index (κ3) is 20.1. The predicted octanol–water partition coefficient (Wildman–Crippen LogP) is 2.63. The van der Waals surface area contributed by atoms with Gasteiger partial charge in [-0.25, -0.2) is 0 Å². The average molecular weight is 322 g/mol. The third-order valence-electron chi connectivity index (χ3n) is 3.99. The molecule has 0 unspecified atom stereocenters. The van der Waals surface area contributed by atoms with Crippen LogP contribution in [0.2, 0.25) is 0 Å². The van der Waals surface area contributed by atoms with E-state index in [0.717, 1.165) is 25.7 Å². The van der Waals surface area contributed by atoms with E-state index >= 15 is 0 Å². The van der Waals surface area contributed by atoms with Crippen molar-refractivity contribution in [1.29, 1.82) is 0 Å². The molecule has 3 nitrogen and oxygen atoms in total. The molecular weight excluding hydrogens is 287 g/mol. The van der Waals surface area contributed by atoms with Crippen LogP contribution in [0.1, 0.15) is 105 Å². The van der Waals surface area contributed by atoms with Crippen LogP contribution in [0.25, 0.3) is 0 Å². The number of hydrogen-bond donors (Lipinski definition) is 1. The van der Waals surface area contributed by atoms with Crippen LogP contribution in [0.3, 0.4) is 0 Å². The van der Waals surface area contributed by atoms with E-state index in [9.17, 15) is 9.59 Å². The molecule has 0 saturated heterocycles. The molecule has 126 valence electrons. The van der Waals surface area contributed by atoms with Gasteiger partial charge in [-0.2, -0.15) is 0 Å². The Hall–Kier alpha value is 0.140. The first-order chi connectivity index (χ1) is 10.2. The SMILES string of the molecule is CCC(=O)CCCCCCCCCCCCCCC(=O)O.[H-].[Na+]. The molecule has 1 N–H and O–H groups in total. The molecule has 0 aromatic rings. The number of Topliss-reactive ketones (excluding diaryl/α,β-unsaturated/α-hetero) is 1. The molecule has 0 amide bonds. The molecule has 0 aliphatic carbocycles. The van der Waals surface area contributed by atoms with Crippen LogP contribution in [0.15, 0.2) is 0 Å². The first kappa shape index (κ1) is 24.4. The number of rotatable bonds is 16. The van der Waals surface area contributed by atoms with E-state index < -0.39 is 5.97 Å². The number of ketones is 1. The molecule has 0 aliphatic rings. The maximum Gasteiger partial charge on any atom is 1.00 e. The van der Waals surface area contributed by atoms with Crippen LogP contribution in [-0.2, 0) is 9.59 Å². The maximum absolute atomic E-state index is 11.1. The second kappa shape index (κ2) is 19.2. The van der Waals surface area contributed by atoms with E-state index in [0.29, 0.717) is 18.6 Å². The van der Waals surface area contributed by atoms with Gasteiger partial charge in [0.15, 0.2) is 0 Å². The summed E-state index contributed by atoms with van der Waals surface area (Å²) in [5, 5.41) is 8.51. The molecule has 0 saturated carbocycles. The van der Waals surface area contributed by atoms with E-state index in [1.807, 2.05) is 6.92 Å². The standard InChI is InChI=1S/C18H34O3.Na.H/c1-2-17(19)15-13-11-9-7-5-3-4-6-8-10-12-14-16-18(20)21;;/h2-16H2,1H3,(H,20,21);;/q;+1;-1. The predicted molar refractivity (Wildman–Crippen MR) is 88.7 cm³/mol. The van der Waals surface area contributed by atoms with E-state index in [1.54, 1.807) is 0 Å². The summed E-state index contributed by atoms with van der Waals surface area (Å²) in [7, 11) is 0. The molecule has 0 aliphatic heterocycles. The first-order valence-corrected chi connectivity index (χ1v) is 8.90. The van der Waals surface area contributed by atoms with Gasteiger partial charge in [0.1, 0.15) is 5.78 Å². The first-order valence-electron chi connectivity index (χ1n) is 8.90. The molecule has 0 fully saturated rings. The van der Waals surface area contributed by atoms with E-state index in [1.165, 1.54) is 57.8 Å². The van der Waals surface area contributed by atoms with E-state index in [4.69, 9.17) is 5.11 Å². The minimum Gasteiger partial charge on any atom is -1.00 e. The summed E-state index contributed by atoms with van der Waals surface area (Å²) < 4.78 is 0. The zero-order valence-electron chi connectivity index (χ0n) is 15.9. The van der Waals surface area contributed by atoms with Gasteiger partial charge in [-0.15, -0.1) is 0 Å². The largest absolute Gasteiger partial charge is 1.00 e. The fourth-order valence-corrected chi connectivity index (χ4v) is 2.54. The molecule has 4 heteroatoms. The Morgan fingerprint density at radius 2 is 1.00 bits per heavy atom. The monoisotopic (exact) mass is 322 g/mol. The Morgan fingerprint density at radius 1 is 0.682 bits per heavy atom. The molecule has 0 radical (unpaired) electrons. The van der Waals surface area contributed by atoms with Crippen LogP contribution in [-0.4, -0.2) is 16.9 Å². The zero-order valence-corrected chi connectivity index (χ0v) is 16.9. The van der Waals surface area contributed by atoms with Crippen molar-refractivity contribution in [2.75, 3.05) is 0 Å². The number of carboxylic acids is 1. The summed E-state index contributed by atoms with van der Waals surface area (Å²) in [5.74, 6) is -0.271. The minimum absolute atomic E-state index is 0. The minimum atomic E-state index is -0.672. The Balaban J connectivity index is -0.00000200. The molecule has 22 heavy (non-hydrogen) atoms. The summed E-state index contributed by atoms with van der Waals surface area (Å²) >= 11 is 0. The van der Waals surface area contributed by atoms with Gasteiger partial charge in [-0.1, -0.05) is 71.1 Å². The number of carboxylic acid groups (broad SMARTS) is 1. The van der Waals surface area contributed by atoms with Gasteiger partial charge in [-0.3, -0.25) is 9.59 Å². The van der Waals surface area contributed by atoms with Crippen molar-refractivity contribution >= 4 is 11.8 Å². The van der Waals surface area contributed by atoms with Crippen LogP contribution in [0.4, 0.5) is 0 Å². The Bertz CT molecular complexity index is 273. The van der Waals surface area contributed by atoms with Crippen molar-refractivity contribution < 1.29 is 45.7 Å². The molecule has 0 spiro atoms. The van der Waals surface area contributed by atoms with Crippen molar-refractivity contribution in [3.05, 3.63) is 0 Å². The normalized spacial score (nSPS) is 10.2. The van der Waals surface area contributed by atoms with Gasteiger partial charge >= 0.3 is 35.5 Å². The van der Waals surface area contributed by atoms with Crippen molar-refractivity contribution in [1.82, 2.24) is 0 Å². The topological polar surface area (TPSA) is 54.4 Å². The second-order valence-electron chi connectivity index (χ2n) is 6.03. The molecule has 0 atom stereocenters. The maximum atomic E-state index is 11.1. The smallest absolute Gasteiger partial charge is 1.00 e. The number of hydrogen-bond acceptors (Lipinski definition) is 2. The molecule has 0 heterocycles. The van der Waals surface area contributed by atoms with Gasteiger partial charge in [0, 0.05) is 19.3 Å². The van der Waals surface area contributed by atoms with Gasteiger partial charge < -0.3 is 6.53 Å². The number of carbonyl (C=O) groups excluding carboxylic acids is 1. The van der Waals surface area contributed by atoms with Crippen molar-refractivity contribution in [3.8, 4) is 0 Å². The molecular formula is C18H35NaO3. The second-order valence-corrected chi connectivity index (χ2v) is 6.03. The molecule has 0 aromatic heterocycles. The van der Waals surface area contributed by atoms with Gasteiger partial charge in [0.25, 0.3) is 0 Å². The van der Waals surface area contributed by atoms with Gasteiger partial charge in [0.2, 0.25) is 0 Å². The van der Waals surface area contributed by atoms with E-state index in [2.05, 4.69) is 0 Å². The van der Waals surface area contributed by atoms with Crippen molar-refractivity contribution in [2.45, 2.75) is 103 Å². The van der Waals surface area contributed by atoms with Crippen molar-refractivity contribution in [3.63, 3.8) is 0 Å². The fourth-order valence-electron chi connectivity index (χ4n) is 2.54. The Labute approximate surface area is 160 Å². The molecule has 0 aromatic carbocycles. The summed E-state index contributed by atoms with van der Waals surface area (Å²) in [4.78, 5) is 21.5. The number of carbonyl (C=O) groups is 2. The van der Waals surface area contributed by atoms with Crippen LogP contribution in [0, 0.1) is 0 Å². The van der Waals surface area contributed by atoms with E-state index in [-0.39, 0.29) is 31.0 Å². The summed E-state index contributed by atoms with van der Waals surface area (Å²) in [6.45, 7) is 1.94. The van der Waals surface area contributed by atoms with Gasteiger partial charge in [0.05, 0.1) is 0 Å². The summed E-state index contributed by atoms with van der Waals surface area (Å²) in [5.41, 5.74) is 0. The molecule has 0 rings (SSSR count). The third-order valence-corrected chi connectivity index (χ3v) is 3.99. The number of aliphatic carboxylic acids is 1.